The molecule has 0 radical (unpaired) electrons. The molecular formula is C15H24N2O2S. The number of carbonyl (C=O) groups is 1. The molecule has 5 heteroatoms. The van der Waals surface area contributed by atoms with Gasteiger partial charge in [0.1, 0.15) is 0 Å². The Labute approximate surface area is 124 Å². The van der Waals surface area contributed by atoms with E-state index in [2.05, 4.69) is 11.8 Å². The lowest BCUT2D eigenvalue weighted by Gasteiger charge is -2.24. The third-order valence-electron chi connectivity index (χ3n) is 3.24. The first kappa shape index (κ1) is 16.9. The van der Waals surface area contributed by atoms with Crippen molar-refractivity contribution in [1.82, 2.24) is 9.80 Å². The average molecular weight is 296 g/mol. The third kappa shape index (κ3) is 5.06. The number of amides is 1. The molecule has 0 saturated carbocycles. The number of hydrogen-bond donors (Lipinski definition) is 0. The predicted molar refractivity (Wildman–Crippen MR) is 84.3 cm³/mol. The van der Waals surface area contributed by atoms with Crippen LogP contribution < -0.4 is 0 Å². The molecular weight excluding hydrogens is 272 g/mol. The molecule has 2 atom stereocenters. The van der Waals surface area contributed by atoms with Gasteiger partial charge in [0.2, 0.25) is 0 Å². The van der Waals surface area contributed by atoms with E-state index in [1.165, 1.54) is 0 Å². The molecule has 0 saturated heterocycles. The fraction of sp³-hybridized carbons (Fsp3) is 0.533. The van der Waals surface area contributed by atoms with Crippen molar-refractivity contribution in [2.24, 2.45) is 0 Å². The SMILES string of the molecule is C[C@@H](C[S@](C)=O)N(C)Cc1cccc(C(=O)N(C)C)c1. The Kier molecular flexibility index (Phi) is 6.36. The minimum atomic E-state index is -0.795. The predicted octanol–water partition coefficient (Wildman–Crippen LogP) is 1.59. The van der Waals surface area contributed by atoms with Crippen LogP contribution >= 0.6 is 0 Å². The Morgan fingerprint density at radius 1 is 1.30 bits per heavy atom. The molecule has 1 rings (SSSR count). The zero-order valence-corrected chi connectivity index (χ0v) is 13.7. The summed E-state index contributed by atoms with van der Waals surface area (Å²) in [5.74, 6) is 0.671. The summed E-state index contributed by atoms with van der Waals surface area (Å²) in [4.78, 5) is 15.7. The largest absolute Gasteiger partial charge is 0.345 e. The Hall–Kier alpha value is -1.20. The van der Waals surface area contributed by atoms with Crippen LogP contribution in [-0.2, 0) is 17.3 Å². The van der Waals surface area contributed by atoms with Crippen LogP contribution in [0.4, 0.5) is 0 Å². The smallest absolute Gasteiger partial charge is 0.253 e. The van der Waals surface area contributed by atoms with Gasteiger partial charge in [0.15, 0.2) is 0 Å². The Bertz CT molecular complexity index is 489. The summed E-state index contributed by atoms with van der Waals surface area (Å²) in [7, 11) is 4.72. The lowest BCUT2D eigenvalue weighted by Crippen LogP contribution is -2.33. The molecule has 0 aliphatic heterocycles. The zero-order valence-electron chi connectivity index (χ0n) is 12.9. The lowest BCUT2D eigenvalue weighted by atomic mass is 10.1. The van der Waals surface area contributed by atoms with Crippen LogP contribution in [0.15, 0.2) is 24.3 Å². The highest BCUT2D eigenvalue weighted by atomic mass is 32.2. The summed E-state index contributed by atoms with van der Waals surface area (Å²) in [5.41, 5.74) is 1.79. The molecule has 0 aliphatic carbocycles. The van der Waals surface area contributed by atoms with Gasteiger partial charge < -0.3 is 4.90 Å². The van der Waals surface area contributed by atoms with Crippen LogP contribution in [0.2, 0.25) is 0 Å². The molecule has 0 bridgehead atoms. The average Bonchev–Trinajstić information content (AvgIpc) is 2.37. The van der Waals surface area contributed by atoms with Gasteiger partial charge in [-0.1, -0.05) is 12.1 Å². The number of carbonyl (C=O) groups excluding carboxylic acids is 1. The van der Waals surface area contributed by atoms with Gasteiger partial charge in [0, 0.05) is 55.1 Å². The molecule has 1 aromatic carbocycles. The molecule has 1 aromatic rings. The van der Waals surface area contributed by atoms with Crippen LogP contribution in [-0.4, -0.2) is 59.1 Å². The number of benzene rings is 1. The van der Waals surface area contributed by atoms with Gasteiger partial charge in [-0.3, -0.25) is 13.9 Å². The van der Waals surface area contributed by atoms with Crippen molar-refractivity contribution < 1.29 is 9.00 Å². The summed E-state index contributed by atoms with van der Waals surface area (Å²) >= 11 is 0. The quantitative estimate of drug-likeness (QED) is 0.800. The van der Waals surface area contributed by atoms with Crippen molar-refractivity contribution in [3.63, 3.8) is 0 Å². The van der Waals surface area contributed by atoms with Crippen molar-refractivity contribution in [2.45, 2.75) is 19.5 Å². The zero-order chi connectivity index (χ0) is 15.3. The highest BCUT2D eigenvalue weighted by Gasteiger charge is 2.13. The first-order chi connectivity index (χ1) is 9.31. The van der Waals surface area contributed by atoms with Crippen LogP contribution in [0, 0.1) is 0 Å². The van der Waals surface area contributed by atoms with E-state index in [1.807, 2.05) is 31.3 Å². The molecule has 112 valence electrons. The van der Waals surface area contributed by atoms with Crippen LogP contribution in [0.5, 0.6) is 0 Å². The second-order valence-corrected chi connectivity index (χ2v) is 6.88. The van der Waals surface area contributed by atoms with Crippen molar-refractivity contribution in [1.29, 1.82) is 0 Å². The molecule has 1 amide bonds. The Morgan fingerprint density at radius 3 is 2.50 bits per heavy atom. The molecule has 0 aliphatic rings. The maximum Gasteiger partial charge on any atom is 0.253 e. The third-order valence-corrected chi connectivity index (χ3v) is 4.19. The van der Waals surface area contributed by atoms with Gasteiger partial charge in [-0.25, -0.2) is 0 Å². The Balaban J connectivity index is 2.75. The first-order valence-corrected chi connectivity index (χ1v) is 8.35. The maximum absolute atomic E-state index is 11.9. The topological polar surface area (TPSA) is 40.6 Å². The maximum atomic E-state index is 11.9. The highest BCUT2D eigenvalue weighted by Crippen LogP contribution is 2.11. The number of hydrogen-bond acceptors (Lipinski definition) is 3. The van der Waals surface area contributed by atoms with E-state index in [0.717, 1.165) is 12.1 Å². The monoisotopic (exact) mass is 296 g/mol. The molecule has 0 aromatic heterocycles. The first-order valence-electron chi connectivity index (χ1n) is 6.62. The second kappa shape index (κ2) is 7.55. The lowest BCUT2D eigenvalue weighted by molar-refractivity contribution is 0.0827. The highest BCUT2D eigenvalue weighted by molar-refractivity contribution is 7.84. The summed E-state index contributed by atoms with van der Waals surface area (Å²) in [6.45, 7) is 2.81. The van der Waals surface area contributed by atoms with Crippen molar-refractivity contribution in [3.8, 4) is 0 Å². The molecule has 0 spiro atoms. The fourth-order valence-electron chi connectivity index (χ4n) is 1.97. The van der Waals surface area contributed by atoms with E-state index in [1.54, 1.807) is 25.3 Å². The van der Waals surface area contributed by atoms with E-state index >= 15 is 0 Å². The standard InChI is InChI=1S/C15H24N2O2S/c1-12(11-20(5)19)17(4)10-13-7-6-8-14(9-13)15(18)16(2)3/h6-9,12H,10-11H2,1-5H3/t12-,20-/m0/s1. The van der Waals surface area contributed by atoms with E-state index in [0.29, 0.717) is 11.3 Å². The number of nitrogens with zero attached hydrogens (tertiary/aromatic N) is 2. The minimum Gasteiger partial charge on any atom is -0.345 e. The van der Waals surface area contributed by atoms with Gasteiger partial charge in [-0.2, -0.15) is 0 Å². The molecule has 4 nitrogen and oxygen atoms in total. The summed E-state index contributed by atoms with van der Waals surface area (Å²) in [6, 6.07) is 7.92. The Morgan fingerprint density at radius 2 is 1.95 bits per heavy atom. The van der Waals surface area contributed by atoms with E-state index in [-0.39, 0.29) is 11.9 Å². The van der Waals surface area contributed by atoms with Crippen molar-refractivity contribution in [3.05, 3.63) is 35.4 Å². The second-order valence-electron chi connectivity index (χ2n) is 5.40. The van der Waals surface area contributed by atoms with Crippen LogP contribution in [0.1, 0.15) is 22.8 Å². The molecule has 0 heterocycles. The van der Waals surface area contributed by atoms with Gasteiger partial charge in [0.05, 0.1) is 0 Å². The van der Waals surface area contributed by atoms with Gasteiger partial charge >= 0.3 is 0 Å². The van der Waals surface area contributed by atoms with Gasteiger partial charge in [-0.15, -0.1) is 0 Å². The summed E-state index contributed by atoms with van der Waals surface area (Å²) < 4.78 is 11.3. The van der Waals surface area contributed by atoms with Crippen molar-refractivity contribution >= 4 is 16.7 Å². The minimum absolute atomic E-state index is 0.0113. The molecule has 0 N–H and O–H groups in total. The van der Waals surface area contributed by atoms with E-state index < -0.39 is 10.8 Å². The summed E-state index contributed by atoms with van der Waals surface area (Å²) in [6.07, 6.45) is 1.72. The number of rotatable bonds is 6. The van der Waals surface area contributed by atoms with E-state index in [4.69, 9.17) is 0 Å². The fourth-order valence-corrected chi connectivity index (χ4v) is 2.91. The van der Waals surface area contributed by atoms with E-state index in [9.17, 15) is 9.00 Å². The van der Waals surface area contributed by atoms with Gasteiger partial charge in [-0.05, 0) is 31.7 Å². The molecule has 0 fully saturated rings. The summed E-state index contributed by atoms with van der Waals surface area (Å²) in [5, 5.41) is 0. The van der Waals surface area contributed by atoms with Crippen LogP contribution in [0.25, 0.3) is 0 Å². The normalized spacial score (nSPS) is 14.1. The van der Waals surface area contributed by atoms with Crippen molar-refractivity contribution in [2.75, 3.05) is 33.2 Å². The van der Waals surface area contributed by atoms with Gasteiger partial charge in [0.25, 0.3) is 5.91 Å². The molecule has 0 unspecified atom stereocenters. The van der Waals surface area contributed by atoms with Crippen LogP contribution in [0.3, 0.4) is 0 Å². The molecule has 20 heavy (non-hydrogen) atoms.